The first-order valence-corrected chi connectivity index (χ1v) is 12.9. The number of allylic oxidation sites excluding steroid dienone is 4. The molecule has 0 aromatic carbocycles. The van der Waals surface area contributed by atoms with Gasteiger partial charge in [0.05, 0.1) is 0 Å². The Kier molecular flexibility index (Phi) is 5.66. The van der Waals surface area contributed by atoms with Crippen molar-refractivity contribution in [2.75, 3.05) is 0 Å². The Balaban J connectivity index is 1.51. The summed E-state index contributed by atoms with van der Waals surface area (Å²) in [7, 11) is 0. The van der Waals surface area contributed by atoms with Gasteiger partial charge in [-0.3, -0.25) is 0 Å². The molecule has 0 amide bonds. The predicted octanol–water partition coefficient (Wildman–Crippen LogP) is 8.83. The third kappa shape index (κ3) is 3.80. The van der Waals surface area contributed by atoms with Crippen molar-refractivity contribution in [2.24, 2.45) is 51.8 Å². The maximum absolute atomic E-state index is 2.74. The van der Waals surface area contributed by atoms with Gasteiger partial charge in [0.2, 0.25) is 0 Å². The van der Waals surface area contributed by atoms with E-state index in [-0.39, 0.29) is 0 Å². The van der Waals surface area contributed by atoms with Crippen LogP contribution < -0.4 is 0 Å². The molecule has 0 N–H and O–H groups in total. The van der Waals surface area contributed by atoms with Crippen molar-refractivity contribution in [2.45, 2.75) is 106 Å². The molecule has 4 aliphatic rings. The molecule has 164 valence electrons. The summed E-state index contributed by atoms with van der Waals surface area (Å²) in [5.41, 5.74) is 3.38. The van der Waals surface area contributed by atoms with E-state index >= 15 is 0 Å². The molecule has 3 fully saturated rings. The molecule has 4 rings (SSSR count). The van der Waals surface area contributed by atoms with Crippen molar-refractivity contribution >= 4 is 0 Å². The minimum Gasteiger partial charge on any atom is -0.0877 e. The van der Waals surface area contributed by atoms with E-state index < -0.39 is 0 Å². The lowest BCUT2D eigenvalue weighted by Gasteiger charge is -2.58. The first-order chi connectivity index (χ1) is 13.5. The van der Waals surface area contributed by atoms with Crippen LogP contribution in [0.1, 0.15) is 106 Å². The average Bonchev–Trinajstić information content (AvgIpc) is 2.98. The van der Waals surface area contributed by atoms with Crippen LogP contribution in [-0.2, 0) is 0 Å². The lowest BCUT2D eigenvalue weighted by atomic mass is 9.46. The van der Waals surface area contributed by atoms with Crippen LogP contribution in [-0.4, -0.2) is 0 Å². The van der Waals surface area contributed by atoms with Crippen molar-refractivity contribution in [3.8, 4) is 0 Å². The molecule has 0 aromatic heterocycles. The van der Waals surface area contributed by atoms with Crippen LogP contribution in [0.3, 0.4) is 0 Å². The zero-order chi connectivity index (χ0) is 21.0. The average molecular weight is 397 g/mol. The standard InChI is InChI=1S/C29H48/c1-20-14-17-28(6)22(19-20)10-11-23-25-13-12-24(29(25,7)18-15-26(23)28)21(2)9-8-16-27(3,4)5/h8-10,20-21,23-26H,11-19H2,1-7H3/b9-8+/t20-,21+,23-,24+,25-,26-,28-,29+/m0/s1. The Morgan fingerprint density at radius 3 is 2.55 bits per heavy atom. The summed E-state index contributed by atoms with van der Waals surface area (Å²) in [6.45, 7) is 17.4. The quantitative estimate of drug-likeness (QED) is 0.418. The van der Waals surface area contributed by atoms with Crippen molar-refractivity contribution in [3.63, 3.8) is 0 Å². The van der Waals surface area contributed by atoms with Crippen LogP contribution in [0, 0.1) is 51.8 Å². The fraction of sp³-hybridized carbons (Fsp3) is 0.862. The Morgan fingerprint density at radius 2 is 1.83 bits per heavy atom. The van der Waals surface area contributed by atoms with Gasteiger partial charge in [0, 0.05) is 0 Å². The first-order valence-electron chi connectivity index (χ1n) is 12.9. The second-order valence-electron chi connectivity index (χ2n) is 13.4. The molecule has 0 bridgehead atoms. The molecule has 0 nitrogen and oxygen atoms in total. The van der Waals surface area contributed by atoms with E-state index in [2.05, 4.69) is 66.7 Å². The van der Waals surface area contributed by atoms with Crippen molar-refractivity contribution in [3.05, 3.63) is 23.8 Å². The van der Waals surface area contributed by atoms with Gasteiger partial charge in [-0.25, -0.2) is 0 Å². The molecular weight excluding hydrogens is 348 g/mol. The van der Waals surface area contributed by atoms with Crippen LogP contribution >= 0.6 is 0 Å². The van der Waals surface area contributed by atoms with Gasteiger partial charge in [-0.15, -0.1) is 0 Å². The smallest absolute Gasteiger partial charge is 0.00851 e. The maximum atomic E-state index is 2.74. The first kappa shape index (κ1) is 21.7. The van der Waals surface area contributed by atoms with Crippen LogP contribution in [0.15, 0.2) is 23.8 Å². The minimum atomic E-state index is 0.412. The molecule has 4 aliphatic carbocycles. The van der Waals surface area contributed by atoms with Crippen LogP contribution in [0.25, 0.3) is 0 Å². The van der Waals surface area contributed by atoms with Gasteiger partial charge < -0.3 is 0 Å². The molecule has 8 atom stereocenters. The van der Waals surface area contributed by atoms with E-state index in [0.717, 1.165) is 35.5 Å². The van der Waals surface area contributed by atoms with Gasteiger partial charge in [0.1, 0.15) is 0 Å². The fourth-order valence-corrected chi connectivity index (χ4v) is 8.52. The molecule has 0 aliphatic heterocycles. The lowest BCUT2D eigenvalue weighted by Crippen LogP contribution is -2.50. The maximum Gasteiger partial charge on any atom is -0.00851 e. The van der Waals surface area contributed by atoms with E-state index in [9.17, 15) is 0 Å². The molecule has 0 heteroatoms. The topological polar surface area (TPSA) is 0 Å². The van der Waals surface area contributed by atoms with Gasteiger partial charge in [-0.1, -0.05) is 72.3 Å². The summed E-state index contributed by atoms with van der Waals surface area (Å²) in [5.74, 6) is 5.46. The van der Waals surface area contributed by atoms with Crippen molar-refractivity contribution < 1.29 is 0 Å². The third-order valence-electron chi connectivity index (χ3n) is 10.2. The summed E-state index contributed by atoms with van der Waals surface area (Å²) in [6, 6.07) is 0. The second kappa shape index (κ2) is 7.56. The molecular formula is C29H48. The Morgan fingerprint density at radius 1 is 1.07 bits per heavy atom. The molecule has 0 radical (unpaired) electrons. The highest BCUT2D eigenvalue weighted by Gasteiger charge is 2.58. The number of fused-ring (bicyclic) bond motifs is 5. The predicted molar refractivity (Wildman–Crippen MR) is 127 cm³/mol. The highest BCUT2D eigenvalue weighted by molar-refractivity contribution is 5.25. The van der Waals surface area contributed by atoms with Gasteiger partial charge >= 0.3 is 0 Å². The number of rotatable bonds is 3. The molecule has 0 unspecified atom stereocenters. The minimum absolute atomic E-state index is 0.412. The van der Waals surface area contributed by atoms with Gasteiger partial charge in [0.25, 0.3) is 0 Å². The Labute approximate surface area is 182 Å². The molecule has 0 aromatic rings. The van der Waals surface area contributed by atoms with E-state index in [1.807, 2.05) is 5.57 Å². The van der Waals surface area contributed by atoms with Crippen molar-refractivity contribution in [1.29, 1.82) is 0 Å². The second-order valence-corrected chi connectivity index (χ2v) is 13.4. The monoisotopic (exact) mass is 396 g/mol. The molecule has 0 spiro atoms. The molecule has 29 heavy (non-hydrogen) atoms. The van der Waals surface area contributed by atoms with E-state index in [0.29, 0.717) is 16.2 Å². The lowest BCUT2D eigenvalue weighted by molar-refractivity contribution is -0.0486. The van der Waals surface area contributed by atoms with Crippen LogP contribution in [0.4, 0.5) is 0 Å². The van der Waals surface area contributed by atoms with Gasteiger partial charge in [-0.2, -0.15) is 0 Å². The summed E-state index contributed by atoms with van der Waals surface area (Å²) in [6.07, 6.45) is 20.7. The van der Waals surface area contributed by atoms with E-state index in [1.165, 1.54) is 57.8 Å². The van der Waals surface area contributed by atoms with Crippen LogP contribution in [0.5, 0.6) is 0 Å². The fourth-order valence-electron chi connectivity index (χ4n) is 8.52. The van der Waals surface area contributed by atoms with E-state index in [4.69, 9.17) is 0 Å². The van der Waals surface area contributed by atoms with Crippen molar-refractivity contribution in [1.82, 2.24) is 0 Å². The normalized spacial score (nSPS) is 46.0. The van der Waals surface area contributed by atoms with Crippen LogP contribution in [0.2, 0.25) is 0 Å². The SMILES string of the molecule is C[C@H]1CC[C@@]2(C)C(=CC[C@H]3[C@@H]4CC[C@H]([C@H](C)/C=C/CC(C)(C)C)[C@@]4(C)CC[C@@H]32)C1. The largest absolute Gasteiger partial charge is 0.0877 e. The van der Waals surface area contributed by atoms with Gasteiger partial charge in [0.15, 0.2) is 0 Å². The Bertz CT molecular complexity index is 660. The third-order valence-corrected chi connectivity index (χ3v) is 10.2. The summed E-state index contributed by atoms with van der Waals surface area (Å²) in [5, 5.41) is 0. The zero-order valence-electron chi connectivity index (χ0n) is 20.6. The number of hydrogen-bond donors (Lipinski definition) is 0. The number of hydrogen-bond acceptors (Lipinski definition) is 0. The Hall–Kier alpha value is -0.520. The highest BCUT2D eigenvalue weighted by atomic mass is 14.6. The molecule has 0 heterocycles. The van der Waals surface area contributed by atoms with E-state index in [1.54, 1.807) is 0 Å². The molecule has 3 saturated carbocycles. The highest BCUT2D eigenvalue weighted by Crippen LogP contribution is 2.67. The summed E-state index contributed by atoms with van der Waals surface area (Å²) in [4.78, 5) is 0. The summed E-state index contributed by atoms with van der Waals surface area (Å²) < 4.78 is 0. The van der Waals surface area contributed by atoms with Gasteiger partial charge in [-0.05, 0) is 110 Å². The summed E-state index contributed by atoms with van der Waals surface area (Å²) >= 11 is 0. The molecule has 0 saturated heterocycles. The zero-order valence-corrected chi connectivity index (χ0v) is 20.6.